The number of aryl methyl sites for hydroxylation is 3. The van der Waals surface area contributed by atoms with Crippen molar-refractivity contribution in [2.75, 3.05) is 0 Å². The predicted octanol–water partition coefficient (Wildman–Crippen LogP) is 0.0147. The van der Waals surface area contributed by atoms with Crippen molar-refractivity contribution in [3.8, 4) is 0 Å². The van der Waals surface area contributed by atoms with Gasteiger partial charge in [0.15, 0.2) is 0 Å². The normalized spacial score (nSPS) is 13.0. The standard InChI is InChI=1S/C10H16N6/c1-7-8(6-16(3)14-7)9(13-11)10-12-4-5-15(10)2/h4-6,9,13H,11H2,1-3H3. The Bertz CT molecular complexity index is 483. The Morgan fingerprint density at radius 3 is 2.62 bits per heavy atom. The molecule has 0 aromatic carbocycles. The zero-order valence-electron chi connectivity index (χ0n) is 9.68. The van der Waals surface area contributed by atoms with E-state index in [4.69, 9.17) is 5.84 Å². The van der Waals surface area contributed by atoms with Crippen molar-refractivity contribution in [2.45, 2.75) is 13.0 Å². The van der Waals surface area contributed by atoms with E-state index in [-0.39, 0.29) is 6.04 Å². The number of hydrazine groups is 1. The molecule has 6 heteroatoms. The van der Waals surface area contributed by atoms with Crippen molar-refractivity contribution in [3.05, 3.63) is 35.7 Å². The number of nitrogens with zero attached hydrogens (tertiary/aromatic N) is 4. The van der Waals surface area contributed by atoms with Gasteiger partial charge in [0.05, 0.1) is 5.69 Å². The maximum atomic E-state index is 5.60. The van der Waals surface area contributed by atoms with Crippen LogP contribution in [0.5, 0.6) is 0 Å². The van der Waals surface area contributed by atoms with E-state index in [1.54, 1.807) is 10.9 Å². The summed E-state index contributed by atoms with van der Waals surface area (Å²) in [5.74, 6) is 6.48. The molecule has 2 heterocycles. The predicted molar refractivity (Wildman–Crippen MR) is 60.3 cm³/mol. The molecule has 0 spiro atoms. The summed E-state index contributed by atoms with van der Waals surface area (Å²) < 4.78 is 3.72. The third-order valence-corrected chi connectivity index (χ3v) is 2.65. The number of imidazole rings is 1. The first-order valence-corrected chi connectivity index (χ1v) is 5.07. The molecule has 0 aliphatic rings. The van der Waals surface area contributed by atoms with Crippen LogP contribution < -0.4 is 11.3 Å². The van der Waals surface area contributed by atoms with Crippen LogP contribution in [0.2, 0.25) is 0 Å². The molecule has 2 aromatic rings. The highest BCUT2D eigenvalue weighted by molar-refractivity contribution is 5.26. The van der Waals surface area contributed by atoms with Crippen LogP contribution in [-0.2, 0) is 14.1 Å². The Labute approximate surface area is 94.1 Å². The van der Waals surface area contributed by atoms with Gasteiger partial charge in [-0.25, -0.2) is 10.4 Å². The third-order valence-electron chi connectivity index (χ3n) is 2.65. The molecule has 6 nitrogen and oxygen atoms in total. The van der Waals surface area contributed by atoms with Crippen molar-refractivity contribution in [3.63, 3.8) is 0 Å². The van der Waals surface area contributed by atoms with Gasteiger partial charge in [-0.1, -0.05) is 0 Å². The van der Waals surface area contributed by atoms with E-state index in [0.717, 1.165) is 17.1 Å². The minimum Gasteiger partial charge on any atom is -0.336 e. The molecular formula is C10H16N6. The van der Waals surface area contributed by atoms with Gasteiger partial charge in [-0.15, -0.1) is 0 Å². The van der Waals surface area contributed by atoms with Crippen LogP contribution in [0.15, 0.2) is 18.6 Å². The van der Waals surface area contributed by atoms with E-state index in [9.17, 15) is 0 Å². The summed E-state index contributed by atoms with van der Waals surface area (Å²) in [6, 6.07) is -0.131. The van der Waals surface area contributed by atoms with Gasteiger partial charge in [0.25, 0.3) is 0 Å². The van der Waals surface area contributed by atoms with Crippen LogP contribution in [0.1, 0.15) is 23.1 Å². The van der Waals surface area contributed by atoms with Gasteiger partial charge in [0.1, 0.15) is 11.9 Å². The lowest BCUT2D eigenvalue weighted by Crippen LogP contribution is -2.31. The van der Waals surface area contributed by atoms with Crippen LogP contribution in [-0.4, -0.2) is 19.3 Å². The molecule has 2 rings (SSSR count). The lowest BCUT2D eigenvalue weighted by atomic mass is 10.1. The molecule has 0 fully saturated rings. The molecular weight excluding hydrogens is 204 g/mol. The minimum atomic E-state index is -0.131. The van der Waals surface area contributed by atoms with E-state index in [1.165, 1.54) is 0 Å². The van der Waals surface area contributed by atoms with Gasteiger partial charge in [-0.3, -0.25) is 10.5 Å². The average Bonchev–Trinajstić information content (AvgIpc) is 2.77. The van der Waals surface area contributed by atoms with Gasteiger partial charge in [0.2, 0.25) is 0 Å². The molecule has 3 N–H and O–H groups in total. The summed E-state index contributed by atoms with van der Waals surface area (Å²) in [7, 11) is 3.83. The summed E-state index contributed by atoms with van der Waals surface area (Å²) in [5.41, 5.74) is 4.77. The zero-order chi connectivity index (χ0) is 11.7. The number of hydrogen-bond acceptors (Lipinski definition) is 4. The quantitative estimate of drug-likeness (QED) is 0.564. The van der Waals surface area contributed by atoms with Crippen molar-refractivity contribution < 1.29 is 0 Å². The second kappa shape index (κ2) is 4.07. The van der Waals surface area contributed by atoms with E-state index in [0.29, 0.717) is 0 Å². The van der Waals surface area contributed by atoms with E-state index in [2.05, 4.69) is 15.5 Å². The third kappa shape index (κ3) is 1.72. The lowest BCUT2D eigenvalue weighted by Gasteiger charge is -2.14. The Morgan fingerprint density at radius 1 is 1.44 bits per heavy atom. The van der Waals surface area contributed by atoms with Crippen LogP contribution in [0.3, 0.4) is 0 Å². The highest BCUT2D eigenvalue weighted by Crippen LogP contribution is 2.21. The highest BCUT2D eigenvalue weighted by atomic mass is 15.3. The van der Waals surface area contributed by atoms with E-state index in [1.807, 2.05) is 38.0 Å². The number of aromatic nitrogens is 4. The zero-order valence-corrected chi connectivity index (χ0v) is 9.68. The number of hydrogen-bond donors (Lipinski definition) is 2. The fourth-order valence-electron chi connectivity index (χ4n) is 1.86. The molecule has 1 atom stereocenters. The van der Waals surface area contributed by atoms with E-state index >= 15 is 0 Å². The molecule has 0 saturated heterocycles. The van der Waals surface area contributed by atoms with Crippen molar-refractivity contribution in [1.82, 2.24) is 24.8 Å². The summed E-state index contributed by atoms with van der Waals surface area (Å²) in [5, 5.41) is 4.30. The van der Waals surface area contributed by atoms with Crippen molar-refractivity contribution in [1.29, 1.82) is 0 Å². The van der Waals surface area contributed by atoms with Crippen LogP contribution >= 0.6 is 0 Å². The van der Waals surface area contributed by atoms with Crippen LogP contribution in [0, 0.1) is 6.92 Å². The Hall–Kier alpha value is -1.66. The largest absolute Gasteiger partial charge is 0.336 e. The smallest absolute Gasteiger partial charge is 0.131 e. The highest BCUT2D eigenvalue weighted by Gasteiger charge is 2.20. The molecule has 0 aliphatic heterocycles. The topological polar surface area (TPSA) is 73.7 Å². The summed E-state index contributed by atoms with van der Waals surface area (Å²) in [6.07, 6.45) is 5.60. The fourth-order valence-corrected chi connectivity index (χ4v) is 1.86. The molecule has 0 bridgehead atoms. The first-order chi connectivity index (χ1) is 7.63. The average molecular weight is 220 g/mol. The number of rotatable bonds is 3. The molecule has 0 radical (unpaired) electrons. The Morgan fingerprint density at radius 2 is 2.19 bits per heavy atom. The minimum absolute atomic E-state index is 0.131. The molecule has 16 heavy (non-hydrogen) atoms. The first-order valence-electron chi connectivity index (χ1n) is 5.07. The van der Waals surface area contributed by atoms with Crippen molar-refractivity contribution >= 4 is 0 Å². The molecule has 0 amide bonds. The number of nitrogens with two attached hydrogens (primary N) is 1. The second-order valence-corrected chi connectivity index (χ2v) is 3.84. The fraction of sp³-hybridized carbons (Fsp3) is 0.400. The molecule has 2 aromatic heterocycles. The van der Waals surface area contributed by atoms with Crippen LogP contribution in [0.4, 0.5) is 0 Å². The molecule has 86 valence electrons. The SMILES string of the molecule is Cc1nn(C)cc1C(NN)c1nccn1C. The molecule has 0 saturated carbocycles. The lowest BCUT2D eigenvalue weighted by molar-refractivity contribution is 0.577. The Kier molecular flexibility index (Phi) is 2.76. The Balaban J connectivity index is 2.44. The maximum Gasteiger partial charge on any atom is 0.131 e. The second-order valence-electron chi connectivity index (χ2n) is 3.84. The van der Waals surface area contributed by atoms with Gasteiger partial charge < -0.3 is 4.57 Å². The van der Waals surface area contributed by atoms with E-state index < -0.39 is 0 Å². The maximum absolute atomic E-state index is 5.60. The summed E-state index contributed by atoms with van der Waals surface area (Å²) in [6.45, 7) is 1.96. The molecule has 0 aliphatic carbocycles. The van der Waals surface area contributed by atoms with Gasteiger partial charge in [-0.2, -0.15) is 5.10 Å². The summed E-state index contributed by atoms with van der Waals surface area (Å²) in [4.78, 5) is 4.30. The van der Waals surface area contributed by atoms with Gasteiger partial charge >= 0.3 is 0 Å². The van der Waals surface area contributed by atoms with Crippen LogP contribution in [0.25, 0.3) is 0 Å². The van der Waals surface area contributed by atoms with Gasteiger partial charge in [0, 0.05) is 38.2 Å². The monoisotopic (exact) mass is 220 g/mol. The van der Waals surface area contributed by atoms with Crippen molar-refractivity contribution in [2.24, 2.45) is 19.9 Å². The first kappa shape index (κ1) is 10.8. The van der Waals surface area contributed by atoms with Gasteiger partial charge in [-0.05, 0) is 6.92 Å². The molecule has 1 unspecified atom stereocenters. The number of nitrogens with one attached hydrogen (secondary N) is 1. The summed E-state index contributed by atoms with van der Waals surface area (Å²) >= 11 is 0.